The predicted molar refractivity (Wildman–Crippen MR) is 84.0 cm³/mol. The Morgan fingerprint density at radius 3 is 2.07 bits per heavy atom. The number of nitrogens with zero attached hydrogens (tertiary/aromatic N) is 2. The molecule has 2 N–H and O–H groups in total. The number of benzene rings is 1. The van der Waals surface area contributed by atoms with Gasteiger partial charge >= 0.3 is 18.3 Å². The fraction of sp³-hybridized carbons (Fsp3) is 0.286. The number of halogens is 8. The van der Waals surface area contributed by atoms with Gasteiger partial charge < -0.3 is 10.5 Å². The standard InChI is InChI=1S/C14H9Cl2F6N3O2/c1-2-27-12(26)8-10(14(20,21)22)24-25(11(8)23)9-6(15)3-5(4-7(9)16)13(17,18)19/h3-4H,2,23H2,1H3. The van der Waals surface area contributed by atoms with Crippen LogP contribution in [0.2, 0.25) is 10.0 Å². The van der Waals surface area contributed by atoms with Crippen molar-refractivity contribution in [3.63, 3.8) is 0 Å². The van der Waals surface area contributed by atoms with Gasteiger partial charge in [0.15, 0.2) is 5.69 Å². The molecule has 1 aromatic heterocycles. The summed E-state index contributed by atoms with van der Waals surface area (Å²) >= 11 is 11.5. The molecule has 0 aliphatic heterocycles. The minimum Gasteiger partial charge on any atom is -0.462 e. The Balaban J connectivity index is 2.76. The first kappa shape index (κ1) is 21.2. The summed E-state index contributed by atoms with van der Waals surface area (Å²) < 4.78 is 83.0. The Morgan fingerprint density at radius 1 is 1.15 bits per heavy atom. The number of anilines is 1. The minimum atomic E-state index is -5.10. The second-order valence-electron chi connectivity index (χ2n) is 5.03. The third kappa shape index (κ3) is 4.08. The van der Waals surface area contributed by atoms with Gasteiger partial charge in [-0.3, -0.25) is 0 Å². The van der Waals surface area contributed by atoms with Crippen molar-refractivity contribution in [3.8, 4) is 5.69 Å². The van der Waals surface area contributed by atoms with Crippen LogP contribution in [0.3, 0.4) is 0 Å². The Bertz CT molecular complexity index is 869. The summed E-state index contributed by atoms with van der Waals surface area (Å²) in [7, 11) is 0. The van der Waals surface area contributed by atoms with Crippen molar-refractivity contribution in [3.05, 3.63) is 39.0 Å². The molecule has 0 radical (unpaired) electrons. The summed E-state index contributed by atoms with van der Waals surface area (Å²) in [6.07, 6.45) is -9.90. The fourth-order valence-corrected chi connectivity index (χ4v) is 2.78. The molecule has 0 aliphatic rings. The lowest BCUT2D eigenvalue weighted by Crippen LogP contribution is -2.15. The normalized spacial score (nSPS) is 12.3. The Labute approximate surface area is 157 Å². The topological polar surface area (TPSA) is 70.1 Å². The van der Waals surface area contributed by atoms with E-state index in [9.17, 15) is 31.1 Å². The monoisotopic (exact) mass is 435 g/mol. The summed E-state index contributed by atoms with van der Waals surface area (Å²) in [5.74, 6) is -2.25. The zero-order valence-electron chi connectivity index (χ0n) is 13.2. The van der Waals surface area contributed by atoms with Crippen LogP contribution in [0.15, 0.2) is 12.1 Å². The quantitative estimate of drug-likeness (QED) is 0.545. The van der Waals surface area contributed by atoms with Crippen LogP contribution >= 0.6 is 23.2 Å². The molecule has 0 aliphatic carbocycles. The highest BCUT2D eigenvalue weighted by atomic mass is 35.5. The summed E-state index contributed by atoms with van der Waals surface area (Å²) in [5, 5.41) is 1.84. The number of nitrogen functional groups attached to an aromatic ring is 1. The summed E-state index contributed by atoms with van der Waals surface area (Å²) in [5.41, 5.74) is 1.02. The van der Waals surface area contributed by atoms with Gasteiger partial charge in [0.1, 0.15) is 17.1 Å². The first-order valence-electron chi connectivity index (χ1n) is 6.98. The van der Waals surface area contributed by atoms with E-state index in [1.165, 1.54) is 6.92 Å². The third-order valence-electron chi connectivity index (χ3n) is 3.23. The summed E-state index contributed by atoms with van der Waals surface area (Å²) in [4.78, 5) is 11.9. The maximum atomic E-state index is 13.2. The van der Waals surface area contributed by atoms with Crippen LogP contribution in [0.4, 0.5) is 32.2 Å². The average molecular weight is 436 g/mol. The number of hydrogen-bond donors (Lipinski definition) is 1. The van der Waals surface area contributed by atoms with Crippen molar-refractivity contribution in [2.24, 2.45) is 0 Å². The molecule has 0 amide bonds. The number of carbonyl (C=O) groups is 1. The minimum absolute atomic E-state index is 0.247. The molecule has 2 rings (SSSR count). The number of esters is 1. The van der Waals surface area contributed by atoms with E-state index in [0.717, 1.165) is 0 Å². The molecule has 0 unspecified atom stereocenters. The predicted octanol–water partition coefficient (Wildman–Crippen LogP) is 4.98. The van der Waals surface area contributed by atoms with Gasteiger partial charge in [0.2, 0.25) is 0 Å². The number of ether oxygens (including phenoxy) is 1. The first-order chi connectivity index (χ1) is 12.3. The highest BCUT2D eigenvalue weighted by Crippen LogP contribution is 2.40. The van der Waals surface area contributed by atoms with Gasteiger partial charge in [-0.15, -0.1) is 0 Å². The van der Waals surface area contributed by atoms with Crippen LogP contribution in [-0.2, 0) is 17.1 Å². The van der Waals surface area contributed by atoms with E-state index in [4.69, 9.17) is 28.9 Å². The Morgan fingerprint density at radius 2 is 1.67 bits per heavy atom. The molecular weight excluding hydrogens is 427 g/mol. The molecule has 0 saturated carbocycles. The number of rotatable bonds is 3. The SMILES string of the molecule is CCOC(=O)c1c(C(F)(F)F)nn(-c2c(Cl)cc(C(F)(F)F)cc2Cl)c1N. The van der Waals surface area contributed by atoms with Crippen molar-refractivity contribution in [2.45, 2.75) is 19.3 Å². The van der Waals surface area contributed by atoms with Crippen LogP contribution in [0, 0.1) is 0 Å². The largest absolute Gasteiger partial charge is 0.462 e. The van der Waals surface area contributed by atoms with Gasteiger partial charge in [0.05, 0.1) is 22.2 Å². The molecule has 2 aromatic rings. The molecule has 0 atom stereocenters. The van der Waals surface area contributed by atoms with Gasteiger partial charge in [-0.25, -0.2) is 9.48 Å². The lowest BCUT2D eigenvalue weighted by molar-refractivity contribution is -0.142. The van der Waals surface area contributed by atoms with Crippen LogP contribution in [-0.4, -0.2) is 22.4 Å². The Hall–Kier alpha value is -2.14. The molecular formula is C14H9Cl2F6N3O2. The van der Waals surface area contributed by atoms with E-state index in [1.54, 1.807) is 0 Å². The third-order valence-corrected chi connectivity index (χ3v) is 3.80. The van der Waals surface area contributed by atoms with Crippen molar-refractivity contribution >= 4 is 35.0 Å². The molecule has 1 heterocycles. The van der Waals surface area contributed by atoms with E-state index in [1.807, 2.05) is 0 Å². The van der Waals surface area contributed by atoms with Crippen molar-refractivity contribution in [1.29, 1.82) is 0 Å². The summed E-state index contributed by atoms with van der Waals surface area (Å²) in [6, 6.07) is 0.891. The number of nitrogens with two attached hydrogens (primary N) is 1. The van der Waals surface area contributed by atoms with E-state index in [-0.39, 0.29) is 6.61 Å². The van der Waals surface area contributed by atoms with E-state index >= 15 is 0 Å². The van der Waals surface area contributed by atoms with Gasteiger partial charge in [0.25, 0.3) is 0 Å². The van der Waals surface area contributed by atoms with Gasteiger partial charge in [-0.1, -0.05) is 23.2 Å². The van der Waals surface area contributed by atoms with Crippen molar-refractivity contribution in [1.82, 2.24) is 9.78 Å². The Kier molecular flexibility index (Phi) is 5.58. The molecule has 0 spiro atoms. The second kappa shape index (κ2) is 7.12. The zero-order valence-corrected chi connectivity index (χ0v) is 14.7. The molecule has 0 saturated heterocycles. The smallest absolute Gasteiger partial charge is 0.436 e. The summed E-state index contributed by atoms with van der Waals surface area (Å²) in [6.45, 7) is 1.11. The van der Waals surface area contributed by atoms with E-state index < -0.39 is 56.7 Å². The van der Waals surface area contributed by atoms with Crippen LogP contribution in [0.25, 0.3) is 5.69 Å². The van der Waals surface area contributed by atoms with Gasteiger partial charge in [-0.2, -0.15) is 31.4 Å². The highest BCUT2D eigenvalue weighted by Gasteiger charge is 2.42. The molecule has 27 heavy (non-hydrogen) atoms. The number of carbonyl (C=O) groups excluding carboxylic acids is 1. The van der Waals surface area contributed by atoms with Crippen molar-refractivity contribution in [2.75, 3.05) is 12.3 Å². The van der Waals surface area contributed by atoms with Gasteiger partial charge in [-0.05, 0) is 19.1 Å². The number of aromatic nitrogens is 2. The fourth-order valence-electron chi connectivity index (χ4n) is 2.14. The lowest BCUT2D eigenvalue weighted by atomic mass is 10.2. The second-order valence-corrected chi connectivity index (χ2v) is 5.84. The van der Waals surface area contributed by atoms with Crippen molar-refractivity contribution < 1.29 is 35.9 Å². The first-order valence-corrected chi connectivity index (χ1v) is 7.74. The number of hydrogen-bond acceptors (Lipinski definition) is 4. The number of alkyl halides is 6. The van der Waals surface area contributed by atoms with Gasteiger partial charge in [0, 0.05) is 0 Å². The van der Waals surface area contributed by atoms with E-state index in [2.05, 4.69) is 9.84 Å². The van der Waals surface area contributed by atoms with Crippen LogP contribution in [0.1, 0.15) is 28.5 Å². The molecule has 0 fully saturated rings. The molecule has 5 nitrogen and oxygen atoms in total. The maximum Gasteiger partial charge on any atom is 0.436 e. The molecule has 13 heteroatoms. The maximum absolute atomic E-state index is 13.2. The highest BCUT2D eigenvalue weighted by molar-refractivity contribution is 6.38. The molecule has 148 valence electrons. The average Bonchev–Trinajstić information content (AvgIpc) is 2.83. The zero-order chi connectivity index (χ0) is 20.7. The van der Waals surface area contributed by atoms with Crippen LogP contribution in [0.5, 0.6) is 0 Å². The van der Waals surface area contributed by atoms with E-state index in [0.29, 0.717) is 16.8 Å². The molecule has 0 bridgehead atoms. The van der Waals surface area contributed by atoms with Crippen LogP contribution < -0.4 is 5.73 Å². The lowest BCUT2D eigenvalue weighted by Gasteiger charge is -2.13. The molecule has 1 aromatic carbocycles.